The number of amides is 1. The predicted octanol–water partition coefficient (Wildman–Crippen LogP) is 4.50. The zero-order chi connectivity index (χ0) is 23.4. The Hall–Kier alpha value is -2.97. The number of aryl methyl sites for hydroxylation is 1. The molecule has 0 saturated carbocycles. The average Bonchev–Trinajstić information content (AvgIpc) is 3.41. The van der Waals surface area contributed by atoms with Crippen molar-refractivity contribution in [3.8, 4) is 0 Å². The third kappa shape index (κ3) is 5.69. The lowest BCUT2D eigenvalue weighted by molar-refractivity contribution is -0.122. The molecule has 172 valence electrons. The van der Waals surface area contributed by atoms with Crippen LogP contribution in [0.25, 0.3) is 11.0 Å². The van der Waals surface area contributed by atoms with Gasteiger partial charge in [-0.25, -0.2) is 13.4 Å². The highest BCUT2D eigenvalue weighted by Crippen LogP contribution is 2.27. The first-order valence-electron chi connectivity index (χ1n) is 10.9. The Kier molecular flexibility index (Phi) is 6.95. The molecule has 0 saturated heterocycles. The predicted molar refractivity (Wildman–Crippen MR) is 133 cm³/mol. The molecule has 0 radical (unpaired) electrons. The highest BCUT2D eigenvalue weighted by atomic mass is 32.2. The summed E-state index contributed by atoms with van der Waals surface area (Å²) >= 11 is 1.59. The molecule has 0 aliphatic carbocycles. The number of para-hydroxylation sites is 2. The molecule has 2 heterocycles. The number of aromatic nitrogens is 2. The number of thiophene rings is 1. The Labute approximate surface area is 198 Å². The van der Waals surface area contributed by atoms with E-state index in [1.165, 1.54) is 11.8 Å². The molecule has 2 aromatic heterocycles. The second-order valence-electron chi connectivity index (χ2n) is 8.18. The zero-order valence-corrected chi connectivity index (χ0v) is 20.3. The molecule has 8 heteroatoms. The topological polar surface area (TPSA) is 81.1 Å². The summed E-state index contributed by atoms with van der Waals surface area (Å²) in [5.74, 6) is -0.0586. The molecular weight excluding hydrogens is 454 g/mol. The molecular formula is C25H27N3O3S2. The number of fused-ring (bicyclic) bond motifs is 1. The van der Waals surface area contributed by atoms with Crippen LogP contribution < -0.4 is 5.32 Å². The number of nitrogens with zero attached hydrogens (tertiary/aromatic N) is 2. The fourth-order valence-electron chi connectivity index (χ4n) is 3.94. The molecule has 2 aromatic carbocycles. The number of hydrogen-bond donors (Lipinski definition) is 1. The number of benzene rings is 2. The highest BCUT2D eigenvalue weighted by molar-refractivity contribution is 7.89. The summed E-state index contributed by atoms with van der Waals surface area (Å²) in [6, 6.07) is 19.4. The normalized spacial score (nSPS) is 12.7. The molecule has 33 heavy (non-hydrogen) atoms. The Morgan fingerprint density at radius 2 is 1.85 bits per heavy atom. The van der Waals surface area contributed by atoms with E-state index in [1.54, 1.807) is 15.9 Å². The van der Waals surface area contributed by atoms with Crippen LogP contribution in [0.5, 0.6) is 0 Å². The largest absolute Gasteiger partial charge is 0.343 e. The van der Waals surface area contributed by atoms with Crippen molar-refractivity contribution < 1.29 is 13.2 Å². The van der Waals surface area contributed by atoms with Crippen molar-refractivity contribution in [2.24, 2.45) is 0 Å². The van der Waals surface area contributed by atoms with Gasteiger partial charge >= 0.3 is 0 Å². The summed E-state index contributed by atoms with van der Waals surface area (Å²) in [6.45, 7) is 2.14. The number of sulfone groups is 1. The quantitative estimate of drug-likeness (QED) is 0.382. The standard InChI is InChI=1S/C25H27N3O3S2/c1-3-7-18-11-13-19(14-12-18)25(22-10-6-15-32-22)27-24(29)16-28-21-9-5-4-8-20(21)26-23(28)17-33(2,30)31/h4-6,8-15,25H,3,7,16-17H2,1-2H3,(H,27,29). The summed E-state index contributed by atoms with van der Waals surface area (Å²) in [5.41, 5.74) is 3.69. The van der Waals surface area contributed by atoms with E-state index >= 15 is 0 Å². The van der Waals surface area contributed by atoms with Crippen LogP contribution in [0, 0.1) is 0 Å². The minimum absolute atomic E-state index is 0.0127. The smallest absolute Gasteiger partial charge is 0.240 e. The van der Waals surface area contributed by atoms with Crippen LogP contribution >= 0.6 is 11.3 Å². The van der Waals surface area contributed by atoms with E-state index < -0.39 is 9.84 Å². The Bertz CT molecular complexity index is 1340. The number of nitrogens with one attached hydrogen (secondary N) is 1. The molecule has 1 N–H and O–H groups in total. The van der Waals surface area contributed by atoms with Crippen molar-refractivity contribution in [2.75, 3.05) is 6.26 Å². The average molecular weight is 482 g/mol. The maximum absolute atomic E-state index is 13.2. The molecule has 0 aliphatic rings. The van der Waals surface area contributed by atoms with Gasteiger partial charge in [0.1, 0.15) is 18.1 Å². The second-order valence-corrected chi connectivity index (χ2v) is 11.3. The van der Waals surface area contributed by atoms with E-state index in [0.29, 0.717) is 11.3 Å². The Morgan fingerprint density at radius 1 is 1.09 bits per heavy atom. The third-order valence-corrected chi connectivity index (χ3v) is 7.13. The van der Waals surface area contributed by atoms with Crippen LogP contribution in [0.3, 0.4) is 0 Å². The first-order chi connectivity index (χ1) is 15.8. The molecule has 4 aromatic rings. The summed E-state index contributed by atoms with van der Waals surface area (Å²) < 4.78 is 25.6. The van der Waals surface area contributed by atoms with E-state index in [0.717, 1.165) is 28.8 Å². The number of imidazole rings is 1. The van der Waals surface area contributed by atoms with E-state index in [1.807, 2.05) is 41.8 Å². The van der Waals surface area contributed by atoms with Gasteiger partial charge in [0.05, 0.1) is 17.1 Å². The Morgan fingerprint density at radius 3 is 2.52 bits per heavy atom. The molecule has 4 rings (SSSR count). The number of rotatable bonds is 9. The van der Waals surface area contributed by atoms with Gasteiger partial charge in [-0.3, -0.25) is 4.79 Å². The molecule has 1 atom stereocenters. The van der Waals surface area contributed by atoms with Crippen molar-refractivity contribution in [3.05, 3.63) is 87.9 Å². The van der Waals surface area contributed by atoms with Crippen LogP contribution in [0.1, 0.15) is 41.2 Å². The van der Waals surface area contributed by atoms with Crippen molar-refractivity contribution in [3.63, 3.8) is 0 Å². The van der Waals surface area contributed by atoms with Crippen molar-refractivity contribution in [1.29, 1.82) is 0 Å². The van der Waals surface area contributed by atoms with Gasteiger partial charge in [0.2, 0.25) is 5.91 Å². The van der Waals surface area contributed by atoms with Crippen molar-refractivity contribution in [1.82, 2.24) is 14.9 Å². The maximum atomic E-state index is 13.2. The summed E-state index contributed by atoms with van der Waals surface area (Å²) in [4.78, 5) is 18.7. The van der Waals surface area contributed by atoms with Gasteiger partial charge in [-0.1, -0.05) is 55.8 Å². The maximum Gasteiger partial charge on any atom is 0.240 e. The van der Waals surface area contributed by atoms with E-state index in [4.69, 9.17) is 0 Å². The van der Waals surface area contributed by atoms with Crippen molar-refractivity contribution >= 4 is 38.1 Å². The molecule has 0 spiro atoms. The number of carbonyl (C=O) groups excluding carboxylic acids is 1. The van der Waals surface area contributed by atoms with Crippen LogP contribution in [0.2, 0.25) is 0 Å². The van der Waals surface area contributed by atoms with Gasteiger partial charge in [-0.15, -0.1) is 11.3 Å². The molecule has 1 amide bonds. The molecule has 0 fully saturated rings. The monoisotopic (exact) mass is 481 g/mol. The summed E-state index contributed by atoms with van der Waals surface area (Å²) in [5, 5.41) is 5.15. The van der Waals surface area contributed by atoms with E-state index in [-0.39, 0.29) is 24.2 Å². The molecule has 0 bridgehead atoms. The second kappa shape index (κ2) is 9.89. The van der Waals surface area contributed by atoms with Crippen LogP contribution in [-0.4, -0.2) is 30.1 Å². The number of carbonyl (C=O) groups is 1. The minimum atomic E-state index is -3.31. The highest BCUT2D eigenvalue weighted by Gasteiger charge is 2.21. The third-order valence-electron chi connectivity index (χ3n) is 5.41. The lowest BCUT2D eigenvalue weighted by Gasteiger charge is -2.19. The Balaban J connectivity index is 1.62. The van der Waals surface area contributed by atoms with E-state index in [2.05, 4.69) is 41.5 Å². The van der Waals surface area contributed by atoms with Crippen LogP contribution in [-0.2, 0) is 33.4 Å². The van der Waals surface area contributed by atoms with Gasteiger partial charge < -0.3 is 9.88 Å². The molecule has 0 aliphatic heterocycles. The van der Waals surface area contributed by atoms with Gasteiger partial charge in [0, 0.05) is 11.1 Å². The SMILES string of the molecule is CCCc1ccc(C(NC(=O)Cn2c(CS(C)(=O)=O)nc3ccccc32)c2cccs2)cc1. The number of hydrogen-bond acceptors (Lipinski definition) is 5. The fourth-order valence-corrected chi connectivity index (χ4v) is 5.43. The van der Waals surface area contributed by atoms with Crippen LogP contribution in [0.4, 0.5) is 0 Å². The van der Waals surface area contributed by atoms with Crippen molar-refractivity contribution in [2.45, 2.75) is 38.1 Å². The van der Waals surface area contributed by atoms with Gasteiger partial charge in [0.15, 0.2) is 9.84 Å². The van der Waals surface area contributed by atoms with E-state index in [9.17, 15) is 13.2 Å². The van der Waals surface area contributed by atoms with Gasteiger partial charge in [0.25, 0.3) is 0 Å². The molecule has 6 nitrogen and oxygen atoms in total. The lowest BCUT2D eigenvalue weighted by atomic mass is 10.0. The van der Waals surface area contributed by atoms with Gasteiger partial charge in [-0.2, -0.15) is 0 Å². The minimum Gasteiger partial charge on any atom is -0.343 e. The zero-order valence-electron chi connectivity index (χ0n) is 18.7. The molecule has 1 unspecified atom stereocenters. The first kappa shape index (κ1) is 23.2. The van der Waals surface area contributed by atoms with Crippen LogP contribution in [0.15, 0.2) is 66.0 Å². The lowest BCUT2D eigenvalue weighted by Crippen LogP contribution is -2.32. The summed E-state index contributed by atoms with van der Waals surface area (Å²) in [7, 11) is -3.31. The van der Waals surface area contributed by atoms with Gasteiger partial charge in [-0.05, 0) is 41.1 Å². The fraction of sp³-hybridized carbons (Fsp3) is 0.280. The summed E-state index contributed by atoms with van der Waals surface area (Å²) in [6.07, 6.45) is 3.28. The first-order valence-corrected chi connectivity index (χ1v) is 13.8.